The van der Waals surface area contributed by atoms with Gasteiger partial charge in [-0.3, -0.25) is 28.7 Å². The number of aryl methyl sites for hydroxylation is 1. The van der Waals surface area contributed by atoms with Gasteiger partial charge in [0.2, 0.25) is 5.95 Å². The molecule has 160 valence electrons. The highest BCUT2D eigenvalue weighted by molar-refractivity contribution is 5.74. The number of fused-ring (bicyclic) bond motifs is 1. The van der Waals surface area contributed by atoms with Crippen LogP contribution in [0.2, 0.25) is 0 Å². The Morgan fingerprint density at radius 3 is 2.48 bits per heavy atom. The van der Waals surface area contributed by atoms with E-state index in [1.54, 1.807) is 36.1 Å². The Hall–Kier alpha value is -3.96. The van der Waals surface area contributed by atoms with Crippen molar-refractivity contribution in [2.45, 2.75) is 13.1 Å². The highest BCUT2D eigenvalue weighted by Gasteiger charge is 2.19. The normalized spacial score (nSPS) is 11.1. The zero-order chi connectivity index (χ0) is 22.1. The molecule has 0 fully saturated rings. The van der Waals surface area contributed by atoms with E-state index < -0.39 is 11.2 Å². The van der Waals surface area contributed by atoms with Gasteiger partial charge in [0.05, 0.1) is 12.2 Å². The average Bonchev–Trinajstić information content (AvgIpc) is 3.14. The summed E-state index contributed by atoms with van der Waals surface area (Å²) in [6.07, 6.45) is 3.40. The number of imidazole rings is 1. The van der Waals surface area contributed by atoms with E-state index in [-0.39, 0.29) is 28.6 Å². The summed E-state index contributed by atoms with van der Waals surface area (Å²) in [7, 11) is 2.98. The molecular formula is C20H20N7O4-. The van der Waals surface area contributed by atoms with Crippen LogP contribution < -0.4 is 21.8 Å². The summed E-state index contributed by atoms with van der Waals surface area (Å²) < 4.78 is 4.05. The summed E-state index contributed by atoms with van der Waals surface area (Å²) in [5.41, 5.74) is 1.39. The molecule has 0 aliphatic heterocycles. The number of anilines is 2. The number of nitrogens with zero attached hydrogens (tertiary/aromatic N) is 6. The molecule has 4 rings (SSSR count). The maximum atomic E-state index is 12.9. The van der Waals surface area contributed by atoms with E-state index in [1.165, 1.54) is 23.7 Å². The van der Waals surface area contributed by atoms with Gasteiger partial charge in [-0.05, 0) is 29.3 Å². The van der Waals surface area contributed by atoms with Gasteiger partial charge in [0.1, 0.15) is 0 Å². The third kappa shape index (κ3) is 3.79. The summed E-state index contributed by atoms with van der Waals surface area (Å²) in [5, 5.41) is 23.1. The lowest BCUT2D eigenvalue weighted by atomic mass is 10.2. The van der Waals surface area contributed by atoms with Crippen LogP contribution in [0.15, 0.2) is 58.4 Å². The molecule has 0 saturated carbocycles. The molecule has 4 aromatic rings. The zero-order valence-electron chi connectivity index (χ0n) is 16.9. The first kappa shape index (κ1) is 20.3. The van der Waals surface area contributed by atoms with E-state index in [2.05, 4.69) is 15.3 Å². The Bertz CT molecular complexity index is 1340. The second-order valence-electron chi connectivity index (χ2n) is 7.05. The Morgan fingerprint density at radius 2 is 1.84 bits per heavy atom. The lowest BCUT2D eigenvalue weighted by Crippen LogP contribution is -2.37. The number of rotatable bonds is 6. The molecule has 1 aromatic carbocycles. The van der Waals surface area contributed by atoms with Crippen LogP contribution >= 0.6 is 0 Å². The Morgan fingerprint density at radius 1 is 1.10 bits per heavy atom. The summed E-state index contributed by atoms with van der Waals surface area (Å²) in [4.78, 5) is 33.9. The molecule has 0 atom stereocenters. The van der Waals surface area contributed by atoms with E-state index >= 15 is 0 Å². The summed E-state index contributed by atoms with van der Waals surface area (Å²) in [5.74, 6) is 0.411. The van der Waals surface area contributed by atoms with Crippen molar-refractivity contribution < 1.29 is 5.21 Å². The van der Waals surface area contributed by atoms with E-state index in [0.717, 1.165) is 15.7 Å². The molecular weight excluding hydrogens is 402 g/mol. The van der Waals surface area contributed by atoms with Crippen LogP contribution in [-0.4, -0.2) is 28.9 Å². The van der Waals surface area contributed by atoms with E-state index in [4.69, 9.17) is 5.21 Å². The second-order valence-corrected chi connectivity index (χ2v) is 7.05. The van der Waals surface area contributed by atoms with Crippen LogP contribution in [0.25, 0.3) is 11.2 Å². The number of benzene rings is 1. The highest BCUT2D eigenvalue weighted by Crippen LogP contribution is 2.20. The largest absolute Gasteiger partial charge is 0.733 e. The number of pyridine rings is 1. The van der Waals surface area contributed by atoms with Crippen LogP contribution in [0.5, 0.6) is 0 Å². The van der Waals surface area contributed by atoms with Gasteiger partial charge >= 0.3 is 5.69 Å². The predicted octanol–water partition coefficient (Wildman–Crippen LogP) is 1.18. The van der Waals surface area contributed by atoms with E-state index in [9.17, 15) is 14.8 Å². The second kappa shape index (κ2) is 8.05. The molecule has 31 heavy (non-hydrogen) atoms. The molecule has 3 heterocycles. The first-order valence-electron chi connectivity index (χ1n) is 9.41. The van der Waals surface area contributed by atoms with E-state index in [1.807, 2.05) is 12.1 Å². The smallest absolute Gasteiger partial charge is 0.332 e. The van der Waals surface area contributed by atoms with Crippen LogP contribution in [-0.2, 0) is 27.2 Å². The first-order valence-corrected chi connectivity index (χ1v) is 9.41. The molecule has 3 aromatic heterocycles. The van der Waals surface area contributed by atoms with Gasteiger partial charge in [-0.1, -0.05) is 18.2 Å². The molecule has 0 saturated heterocycles. The summed E-state index contributed by atoms with van der Waals surface area (Å²) >= 11 is 0. The molecule has 0 aliphatic rings. The van der Waals surface area contributed by atoms with Gasteiger partial charge in [0.25, 0.3) is 5.56 Å². The van der Waals surface area contributed by atoms with Gasteiger partial charge in [-0.15, -0.1) is 0 Å². The Balaban J connectivity index is 1.81. The SMILES string of the molecule is Cn1c(=O)c2c(nc(NCc3cccnc3)n2Cc2ccc(N([O-])O)cc2)n(C)c1=O. The van der Waals surface area contributed by atoms with Gasteiger partial charge in [0.15, 0.2) is 11.2 Å². The van der Waals surface area contributed by atoms with Crippen LogP contribution in [0, 0.1) is 5.21 Å². The molecule has 0 bridgehead atoms. The minimum atomic E-state index is -0.469. The topological polar surface area (TPSA) is 133 Å². The summed E-state index contributed by atoms with van der Waals surface area (Å²) in [6.45, 7) is 0.671. The van der Waals surface area contributed by atoms with Gasteiger partial charge in [-0.25, -0.2) is 4.79 Å². The maximum absolute atomic E-state index is 12.9. The van der Waals surface area contributed by atoms with Crippen molar-refractivity contribution in [3.8, 4) is 0 Å². The first-order chi connectivity index (χ1) is 14.9. The van der Waals surface area contributed by atoms with Crippen molar-refractivity contribution in [3.63, 3.8) is 0 Å². The number of aromatic nitrogens is 5. The summed E-state index contributed by atoms with van der Waals surface area (Å²) in [6, 6.07) is 10.0. The monoisotopic (exact) mass is 422 g/mol. The molecule has 0 spiro atoms. The van der Waals surface area contributed by atoms with Gasteiger partial charge in [-0.2, -0.15) is 4.98 Å². The molecule has 11 nitrogen and oxygen atoms in total. The lowest BCUT2D eigenvalue weighted by Gasteiger charge is -2.21. The van der Waals surface area contributed by atoms with Crippen LogP contribution in [0.1, 0.15) is 11.1 Å². The van der Waals surface area contributed by atoms with E-state index in [0.29, 0.717) is 12.5 Å². The minimum Gasteiger partial charge on any atom is -0.733 e. The lowest BCUT2D eigenvalue weighted by molar-refractivity contribution is 0.296. The number of hydrogen-bond acceptors (Lipinski definition) is 8. The van der Waals surface area contributed by atoms with Crippen molar-refractivity contribution in [1.29, 1.82) is 0 Å². The Kier molecular flexibility index (Phi) is 5.28. The van der Waals surface area contributed by atoms with Crippen molar-refractivity contribution >= 4 is 22.8 Å². The van der Waals surface area contributed by atoms with Crippen LogP contribution in [0.4, 0.5) is 11.6 Å². The predicted molar refractivity (Wildman–Crippen MR) is 115 cm³/mol. The van der Waals surface area contributed by atoms with Crippen molar-refractivity contribution in [3.05, 3.63) is 86.0 Å². The van der Waals surface area contributed by atoms with Crippen molar-refractivity contribution in [2.75, 3.05) is 10.5 Å². The quantitative estimate of drug-likeness (QED) is 0.443. The zero-order valence-corrected chi connectivity index (χ0v) is 16.9. The maximum Gasteiger partial charge on any atom is 0.332 e. The molecule has 0 amide bonds. The average molecular weight is 422 g/mol. The molecule has 2 N–H and O–H groups in total. The fourth-order valence-electron chi connectivity index (χ4n) is 3.33. The number of hydrogen-bond donors (Lipinski definition) is 2. The Labute approximate surface area is 176 Å². The van der Waals surface area contributed by atoms with Crippen molar-refractivity contribution in [2.24, 2.45) is 14.1 Å². The fourth-order valence-corrected chi connectivity index (χ4v) is 3.33. The third-order valence-corrected chi connectivity index (χ3v) is 5.02. The highest BCUT2D eigenvalue weighted by atomic mass is 16.8. The van der Waals surface area contributed by atoms with Gasteiger partial charge in [0, 0.05) is 33.0 Å². The van der Waals surface area contributed by atoms with Crippen molar-refractivity contribution in [1.82, 2.24) is 23.7 Å². The molecule has 0 unspecified atom stereocenters. The molecule has 0 radical (unpaired) electrons. The minimum absolute atomic E-state index is 0.0903. The third-order valence-electron chi connectivity index (χ3n) is 5.02. The molecule has 11 heteroatoms. The fraction of sp³-hybridized carbons (Fsp3) is 0.200. The van der Waals surface area contributed by atoms with Gasteiger partial charge < -0.3 is 15.8 Å². The molecule has 0 aliphatic carbocycles. The van der Waals surface area contributed by atoms with Crippen LogP contribution in [0.3, 0.4) is 0 Å². The number of nitrogens with one attached hydrogen (secondary N) is 1. The standard InChI is InChI=1S/C20H20N7O4/c1-24-17-16(18(28)25(2)20(24)29)26(12-13-5-7-15(8-6-13)27(30)31)19(23-17)22-11-14-4-3-9-21-10-14/h3-10,30H,11-12H2,1-2H3,(H,22,23)/q-1.